The number of rotatable bonds is 6. The van der Waals surface area contributed by atoms with Gasteiger partial charge in [-0.25, -0.2) is 0 Å². The van der Waals surface area contributed by atoms with Crippen molar-refractivity contribution in [3.05, 3.63) is 88.3 Å². The molecular formula is C26H22ClN3O3S. The second-order valence-electron chi connectivity index (χ2n) is 8.03. The van der Waals surface area contributed by atoms with Crippen LogP contribution in [0.1, 0.15) is 10.4 Å². The molecule has 5 rings (SSSR count). The number of halogens is 1. The van der Waals surface area contributed by atoms with E-state index < -0.39 is 0 Å². The summed E-state index contributed by atoms with van der Waals surface area (Å²) in [4.78, 5) is 15.5. The van der Waals surface area contributed by atoms with Crippen LogP contribution in [0.3, 0.4) is 0 Å². The summed E-state index contributed by atoms with van der Waals surface area (Å²) in [6, 6.07) is 23.2. The molecule has 2 heterocycles. The monoisotopic (exact) mass is 491 g/mol. The molecule has 3 aromatic carbocycles. The summed E-state index contributed by atoms with van der Waals surface area (Å²) < 4.78 is 12.7. The third-order valence-corrected chi connectivity index (χ3v) is 7.07. The zero-order chi connectivity index (χ0) is 23.7. The number of hydrogen-bond donors (Lipinski definition) is 0. The molecule has 0 atom stereocenters. The molecule has 0 radical (unpaired) electrons. The van der Waals surface area contributed by atoms with Gasteiger partial charge in [-0.1, -0.05) is 41.9 Å². The van der Waals surface area contributed by atoms with E-state index in [2.05, 4.69) is 5.10 Å². The maximum Gasteiger partial charge on any atom is 0.252 e. The van der Waals surface area contributed by atoms with Gasteiger partial charge in [-0.05, 0) is 48.0 Å². The lowest BCUT2D eigenvalue weighted by Gasteiger charge is -2.13. The molecule has 8 heteroatoms. The van der Waals surface area contributed by atoms with E-state index in [-0.39, 0.29) is 19.1 Å². The van der Waals surface area contributed by atoms with Crippen LogP contribution in [0.25, 0.3) is 10.1 Å². The topological polar surface area (TPSA) is 54.4 Å². The number of ether oxygens (including phenoxy) is 2. The predicted octanol–water partition coefficient (Wildman–Crippen LogP) is 6.13. The highest BCUT2D eigenvalue weighted by atomic mass is 35.5. The first kappa shape index (κ1) is 22.3. The zero-order valence-corrected chi connectivity index (χ0v) is 20.3. The Bertz CT molecular complexity index is 1370. The average molecular weight is 492 g/mol. The number of benzene rings is 3. The Morgan fingerprint density at radius 2 is 1.85 bits per heavy atom. The van der Waals surface area contributed by atoms with E-state index in [0.717, 1.165) is 27.1 Å². The maximum absolute atomic E-state index is 12.8. The molecule has 0 bridgehead atoms. The highest BCUT2D eigenvalue weighted by Crippen LogP contribution is 2.39. The minimum atomic E-state index is -0.136. The van der Waals surface area contributed by atoms with Crippen LogP contribution in [-0.2, 0) is 16.0 Å². The SMILES string of the molecule is CN(C)c1ccc(CC(=O)N2COC(c3sc4ccc(Oc5ccccc5)cc4c3Cl)=N2)cc1. The zero-order valence-electron chi connectivity index (χ0n) is 18.7. The summed E-state index contributed by atoms with van der Waals surface area (Å²) in [5.41, 5.74) is 2.00. The molecule has 0 unspecified atom stereocenters. The van der Waals surface area contributed by atoms with E-state index in [1.54, 1.807) is 0 Å². The number of hydrazone groups is 1. The highest BCUT2D eigenvalue weighted by molar-refractivity contribution is 7.21. The van der Waals surface area contributed by atoms with Crippen molar-refractivity contribution in [2.75, 3.05) is 25.7 Å². The van der Waals surface area contributed by atoms with Crippen molar-refractivity contribution in [3.8, 4) is 11.5 Å². The molecule has 0 N–H and O–H groups in total. The molecule has 0 spiro atoms. The lowest BCUT2D eigenvalue weighted by Crippen LogP contribution is -2.25. The Hall–Kier alpha value is -3.55. The van der Waals surface area contributed by atoms with Gasteiger partial charge in [0.15, 0.2) is 6.73 Å². The Morgan fingerprint density at radius 3 is 2.59 bits per heavy atom. The smallest absolute Gasteiger partial charge is 0.252 e. The van der Waals surface area contributed by atoms with Crippen LogP contribution in [0.4, 0.5) is 5.69 Å². The minimum absolute atomic E-state index is 0.0664. The van der Waals surface area contributed by atoms with Crippen LogP contribution >= 0.6 is 22.9 Å². The van der Waals surface area contributed by atoms with Crippen molar-refractivity contribution in [1.82, 2.24) is 5.01 Å². The molecule has 4 aromatic rings. The Morgan fingerprint density at radius 1 is 1.09 bits per heavy atom. The summed E-state index contributed by atoms with van der Waals surface area (Å²) in [6.45, 7) is 0.0664. The number of nitrogens with zero attached hydrogens (tertiary/aromatic N) is 3. The molecule has 1 aliphatic heterocycles. The molecule has 0 fully saturated rings. The molecule has 0 saturated carbocycles. The third-order valence-electron chi connectivity index (χ3n) is 5.40. The van der Waals surface area contributed by atoms with Gasteiger partial charge in [0.2, 0.25) is 5.91 Å². The lowest BCUT2D eigenvalue weighted by molar-refractivity contribution is -0.132. The number of para-hydroxylation sites is 1. The molecule has 6 nitrogen and oxygen atoms in total. The molecule has 34 heavy (non-hydrogen) atoms. The highest BCUT2D eigenvalue weighted by Gasteiger charge is 2.26. The van der Waals surface area contributed by atoms with Crippen molar-refractivity contribution < 1.29 is 14.3 Å². The van der Waals surface area contributed by atoms with Crippen LogP contribution in [0.2, 0.25) is 5.02 Å². The fourth-order valence-corrected chi connectivity index (χ4v) is 5.00. The fraction of sp³-hybridized carbons (Fsp3) is 0.154. The van der Waals surface area contributed by atoms with Crippen LogP contribution in [-0.4, -0.2) is 37.6 Å². The van der Waals surface area contributed by atoms with E-state index in [4.69, 9.17) is 21.1 Å². The predicted molar refractivity (Wildman–Crippen MR) is 137 cm³/mol. The van der Waals surface area contributed by atoms with E-state index in [1.807, 2.05) is 91.8 Å². The van der Waals surface area contributed by atoms with Gasteiger partial charge in [-0.2, -0.15) is 5.01 Å². The number of amides is 1. The number of fused-ring (bicyclic) bond motifs is 1. The van der Waals surface area contributed by atoms with E-state index in [1.165, 1.54) is 16.3 Å². The maximum atomic E-state index is 12.8. The Balaban J connectivity index is 1.33. The number of hydrogen-bond acceptors (Lipinski definition) is 6. The molecule has 0 aliphatic carbocycles. The normalized spacial score (nSPS) is 13.0. The minimum Gasteiger partial charge on any atom is -0.457 e. The summed E-state index contributed by atoms with van der Waals surface area (Å²) in [7, 11) is 3.96. The van der Waals surface area contributed by atoms with Crippen molar-refractivity contribution in [3.63, 3.8) is 0 Å². The largest absolute Gasteiger partial charge is 0.457 e. The molecule has 172 valence electrons. The number of carbonyl (C=O) groups is 1. The first-order valence-electron chi connectivity index (χ1n) is 10.7. The molecule has 1 aliphatic rings. The number of carbonyl (C=O) groups excluding carboxylic acids is 1. The van der Waals surface area contributed by atoms with Crippen LogP contribution < -0.4 is 9.64 Å². The lowest BCUT2D eigenvalue weighted by atomic mass is 10.1. The summed E-state index contributed by atoms with van der Waals surface area (Å²) in [5.74, 6) is 1.66. The van der Waals surface area contributed by atoms with E-state index in [0.29, 0.717) is 21.5 Å². The molecular weight excluding hydrogens is 470 g/mol. The molecule has 1 aromatic heterocycles. The van der Waals surface area contributed by atoms with Gasteiger partial charge < -0.3 is 14.4 Å². The Kier molecular flexibility index (Phi) is 6.13. The fourth-order valence-electron chi connectivity index (χ4n) is 3.58. The van der Waals surface area contributed by atoms with Crippen molar-refractivity contribution >= 4 is 50.5 Å². The van der Waals surface area contributed by atoms with Gasteiger partial charge in [0.25, 0.3) is 5.90 Å². The standard InChI is InChI=1S/C26H22ClN3O3S/c1-29(2)18-10-8-17(9-11-18)14-23(31)30-16-32-26(28-30)25-24(27)21-15-20(12-13-22(21)34-25)33-19-6-4-3-5-7-19/h3-13,15H,14,16H2,1-2H3. The average Bonchev–Trinajstić information content (AvgIpc) is 3.45. The Labute approximate surface area is 206 Å². The first-order valence-corrected chi connectivity index (χ1v) is 11.9. The van der Waals surface area contributed by atoms with Gasteiger partial charge in [0.05, 0.1) is 11.4 Å². The van der Waals surface area contributed by atoms with Gasteiger partial charge in [-0.3, -0.25) is 4.79 Å². The van der Waals surface area contributed by atoms with Gasteiger partial charge in [0, 0.05) is 29.9 Å². The second-order valence-corrected chi connectivity index (χ2v) is 9.46. The molecule has 1 amide bonds. The van der Waals surface area contributed by atoms with Crippen LogP contribution in [0.5, 0.6) is 11.5 Å². The molecule has 0 saturated heterocycles. The summed E-state index contributed by atoms with van der Waals surface area (Å²) in [5, 5.41) is 7.15. The summed E-state index contributed by atoms with van der Waals surface area (Å²) in [6.07, 6.45) is 0.244. The van der Waals surface area contributed by atoms with Gasteiger partial charge >= 0.3 is 0 Å². The summed E-state index contributed by atoms with van der Waals surface area (Å²) >= 11 is 8.17. The van der Waals surface area contributed by atoms with Gasteiger partial charge in [0.1, 0.15) is 16.4 Å². The van der Waals surface area contributed by atoms with Crippen molar-refractivity contribution in [2.24, 2.45) is 5.10 Å². The number of thiophene rings is 1. The first-order chi connectivity index (χ1) is 16.5. The van der Waals surface area contributed by atoms with Crippen molar-refractivity contribution in [2.45, 2.75) is 6.42 Å². The van der Waals surface area contributed by atoms with Gasteiger partial charge in [-0.15, -0.1) is 16.4 Å². The third kappa shape index (κ3) is 4.58. The van der Waals surface area contributed by atoms with E-state index in [9.17, 15) is 4.79 Å². The quantitative estimate of drug-likeness (QED) is 0.325. The second kappa shape index (κ2) is 9.37. The number of anilines is 1. The van der Waals surface area contributed by atoms with E-state index >= 15 is 0 Å². The van der Waals surface area contributed by atoms with Crippen LogP contribution in [0, 0.1) is 0 Å². The van der Waals surface area contributed by atoms with Crippen LogP contribution in [0.15, 0.2) is 77.9 Å². The van der Waals surface area contributed by atoms with Crippen molar-refractivity contribution in [1.29, 1.82) is 0 Å².